The van der Waals surface area contributed by atoms with Crippen LogP contribution in [0.15, 0.2) is 24.3 Å². The Kier molecular flexibility index (Phi) is 7.34. The lowest BCUT2D eigenvalue weighted by molar-refractivity contribution is -0.145. The normalized spacial score (nSPS) is 10.5. The van der Waals surface area contributed by atoms with Gasteiger partial charge in [-0.15, -0.1) is 0 Å². The smallest absolute Gasteiger partial charge is 0.313 e. The number of ether oxygens (including phenoxy) is 2. The molecule has 21 heavy (non-hydrogen) atoms. The van der Waals surface area contributed by atoms with Crippen molar-refractivity contribution in [2.24, 2.45) is 0 Å². The van der Waals surface area contributed by atoms with Crippen molar-refractivity contribution in [3.8, 4) is 0 Å². The predicted molar refractivity (Wildman–Crippen MR) is 75.1 cm³/mol. The van der Waals surface area contributed by atoms with Crippen LogP contribution in [0.25, 0.3) is 0 Å². The third kappa shape index (κ3) is 6.33. The second kappa shape index (κ2) is 9.04. The van der Waals surface area contributed by atoms with Gasteiger partial charge in [0.25, 0.3) is 0 Å². The SMILES string of the molecule is CCOC(CNC(=O)C(=O)Nc1ccc(F)cc1)OCC. The van der Waals surface area contributed by atoms with Crippen molar-refractivity contribution in [2.75, 3.05) is 25.1 Å². The third-order valence-corrected chi connectivity index (χ3v) is 2.44. The maximum atomic E-state index is 12.7. The fourth-order valence-electron chi connectivity index (χ4n) is 1.52. The van der Waals surface area contributed by atoms with E-state index in [-0.39, 0.29) is 6.54 Å². The van der Waals surface area contributed by atoms with Crippen LogP contribution in [-0.4, -0.2) is 37.9 Å². The van der Waals surface area contributed by atoms with Crippen LogP contribution in [0.2, 0.25) is 0 Å². The van der Waals surface area contributed by atoms with Gasteiger partial charge in [-0.25, -0.2) is 4.39 Å². The minimum Gasteiger partial charge on any atom is -0.351 e. The number of anilines is 1. The van der Waals surface area contributed by atoms with E-state index < -0.39 is 23.9 Å². The third-order valence-electron chi connectivity index (χ3n) is 2.44. The first-order valence-electron chi connectivity index (χ1n) is 6.64. The van der Waals surface area contributed by atoms with E-state index in [0.717, 1.165) is 0 Å². The van der Waals surface area contributed by atoms with Gasteiger partial charge in [0.1, 0.15) is 5.82 Å². The highest BCUT2D eigenvalue weighted by atomic mass is 19.1. The van der Waals surface area contributed by atoms with Gasteiger partial charge in [-0.2, -0.15) is 0 Å². The Morgan fingerprint density at radius 1 is 1.10 bits per heavy atom. The maximum Gasteiger partial charge on any atom is 0.313 e. The quantitative estimate of drug-likeness (QED) is 0.587. The van der Waals surface area contributed by atoms with E-state index in [9.17, 15) is 14.0 Å². The Balaban J connectivity index is 2.43. The maximum absolute atomic E-state index is 12.7. The van der Waals surface area contributed by atoms with Crippen LogP contribution in [0.3, 0.4) is 0 Å². The number of hydrogen-bond acceptors (Lipinski definition) is 4. The Hall–Kier alpha value is -1.99. The molecule has 6 nitrogen and oxygen atoms in total. The minimum atomic E-state index is -0.839. The summed E-state index contributed by atoms with van der Waals surface area (Å²) >= 11 is 0. The van der Waals surface area contributed by atoms with Gasteiger partial charge >= 0.3 is 11.8 Å². The van der Waals surface area contributed by atoms with Gasteiger partial charge in [0.15, 0.2) is 6.29 Å². The zero-order valence-electron chi connectivity index (χ0n) is 12.0. The monoisotopic (exact) mass is 298 g/mol. The summed E-state index contributed by atoms with van der Waals surface area (Å²) in [7, 11) is 0. The summed E-state index contributed by atoms with van der Waals surface area (Å²) in [5, 5.41) is 4.77. The molecule has 2 N–H and O–H groups in total. The molecule has 0 spiro atoms. The number of halogens is 1. The Labute approximate surface area is 122 Å². The molecule has 0 radical (unpaired) electrons. The van der Waals surface area contributed by atoms with Gasteiger partial charge in [-0.1, -0.05) is 0 Å². The second-order valence-electron chi connectivity index (χ2n) is 4.01. The van der Waals surface area contributed by atoms with E-state index in [4.69, 9.17) is 9.47 Å². The van der Waals surface area contributed by atoms with Crippen LogP contribution >= 0.6 is 0 Å². The van der Waals surface area contributed by atoms with Gasteiger partial charge in [0, 0.05) is 18.9 Å². The van der Waals surface area contributed by atoms with E-state index in [0.29, 0.717) is 18.9 Å². The molecule has 0 heterocycles. The number of benzene rings is 1. The molecular weight excluding hydrogens is 279 g/mol. The number of nitrogens with one attached hydrogen (secondary N) is 2. The zero-order chi connectivity index (χ0) is 15.7. The fraction of sp³-hybridized carbons (Fsp3) is 0.429. The van der Waals surface area contributed by atoms with Crippen molar-refractivity contribution in [1.82, 2.24) is 5.32 Å². The summed E-state index contributed by atoms with van der Waals surface area (Å²) in [4.78, 5) is 23.2. The van der Waals surface area contributed by atoms with Gasteiger partial charge in [-0.3, -0.25) is 9.59 Å². The molecule has 0 aliphatic carbocycles. The standard InChI is InChI=1S/C14H19FN2O4/c1-3-20-12(21-4-2)9-16-13(18)14(19)17-11-7-5-10(15)6-8-11/h5-8,12H,3-4,9H2,1-2H3,(H,16,18)(H,17,19). The molecule has 0 aliphatic heterocycles. The molecule has 0 bridgehead atoms. The van der Waals surface area contributed by atoms with Crippen molar-refractivity contribution in [2.45, 2.75) is 20.1 Å². The predicted octanol–water partition coefficient (Wildman–Crippen LogP) is 1.28. The Bertz CT molecular complexity index is 459. The van der Waals surface area contributed by atoms with Crippen molar-refractivity contribution in [1.29, 1.82) is 0 Å². The van der Waals surface area contributed by atoms with Gasteiger partial charge in [0.05, 0.1) is 6.54 Å². The molecule has 1 rings (SSSR count). The van der Waals surface area contributed by atoms with Crippen molar-refractivity contribution < 1.29 is 23.5 Å². The average Bonchev–Trinajstić information content (AvgIpc) is 2.47. The number of amides is 2. The van der Waals surface area contributed by atoms with Crippen molar-refractivity contribution >= 4 is 17.5 Å². The topological polar surface area (TPSA) is 76.7 Å². The zero-order valence-corrected chi connectivity index (χ0v) is 12.0. The highest BCUT2D eigenvalue weighted by molar-refractivity contribution is 6.39. The van der Waals surface area contributed by atoms with Crippen LogP contribution in [0.1, 0.15) is 13.8 Å². The van der Waals surface area contributed by atoms with E-state index in [1.807, 2.05) is 0 Å². The van der Waals surface area contributed by atoms with Gasteiger partial charge in [0.2, 0.25) is 0 Å². The molecule has 0 fully saturated rings. The molecule has 7 heteroatoms. The molecule has 116 valence electrons. The lowest BCUT2D eigenvalue weighted by Crippen LogP contribution is -2.41. The molecule has 0 aromatic heterocycles. The van der Waals surface area contributed by atoms with Crippen LogP contribution in [0.5, 0.6) is 0 Å². The molecular formula is C14H19FN2O4. The summed E-state index contributed by atoms with van der Waals surface area (Å²) in [6.07, 6.45) is -0.595. The number of rotatable bonds is 7. The van der Waals surface area contributed by atoms with Crippen LogP contribution < -0.4 is 10.6 Å². The van der Waals surface area contributed by atoms with E-state index >= 15 is 0 Å². The minimum absolute atomic E-state index is 0.0668. The molecule has 1 aromatic carbocycles. The summed E-state index contributed by atoms with van der Waals surface area (Å²) in [5.74, 6) is -2.08. The highest BCUT2D eigenvalue weighted by Gasteiger charge is 2.16. The van der Waals surface area contributed by atoms with Crippen molar-refractivity contribution in [3.63, 3.8) is 0 Å². The molecule has 0 unspecified atom stereocenters. The highest BCUT2D eigenvalue weighted by Crippen LogP contribution is 2.07. The molecule has 0 aliphatic rings. The van der Waals surface area contributed by atoms with E-state index in [1.165, 1.54) is 24.3 Å². The van der Waals surface area contributed by atoms with Gasteiger partial charge in [-0.05, 0) is 38.1 Å². The summed E-state index contributed by atoms with van der Waals surface area (Å²) < 4.78 is 23.2. The molecule has 0 atom stereocenters. The molecule has 1 aromatic rings. The average molecular weight is 298 g/mol. The Morgan fingerprint density at radius 2 is 1.67 bits per heavy atom. The number of carbonyl (C=O) groups is 2. The molecule has 2 amide bonds. The first-order valence-corrected chi connectivity index (χ1v) is 6.64. The van der Waals surface area contributed by atoms with Crippen LogP contribution in [-0.2, 0) is 19.1 Å². The van der Waals surface area contributed by atoms with Crippen LogP contribution in [0, 0.1) is 5.82 Å². The molecule has 0 saturated heterocycles. The molecule has 0 saturated carbocycles. The Morgan fingerprint density at radius 3 is 2.19 bits per heavy atom. The summed E-state index contributed by atoms with van der Waals surface area (Å²) in [6, 6.07) is 5.11. The fourth-order valence-corrected chi connectivity index (χ4v) is 1.52. The van der Waals surface area contributed by atoms with Gasteiger partial charge < -0.3 is 20.1 Å². The lowest BCUT2D eigenvalue weighted by Gasteiger charge is -2.17. The van der Waals surface area contributed by atoms with Crippen molar-refractivity contribution in [3.05, 3.63) is 30.1 Å². The van der Waals surface area contributed by atoms with E-state index in [2.05, 4.69) is 10.6 Å². The first kappa shape index (κ1) is 17.1. The first-order chi connectivity index (χ1) is 10.1. The number of hydrogen-bond donors (Lipinski definition) is 2. The largest absolute Gasteiger partial charge is 0.351 e. The van der Waals surface area contributed by atoms with E-state index in [1.54, 1.807) is 13.8 Å². The van der Waals surface area contributed by atoms with Crippen LogP contribution in [0.4, 0.5) is 10.1 Å². The number of carbonyl (C=O) groups excluding carboxylic acids is 2. The second-order valence-corrected chi connectivity index (χ2v) is 4.01. The summed E-state index contributed by atoms with van der Waals surface area (Å²) in [5.41, 5.74) is 0.336. The summed E-state index contributed by atoms with van der Waals surface area (Å²) in [6.45, 7) is 4.53. The lowest BCUT2D eigenvalue weighted by atomic mass is 10.3.